The Bertz CT molecular complexity index is 1220. The van der Waals surface area contributed by atoms with Crippen LogP contribution in [0.4, 0.5) is 5.69 Å². The van der Waals surface area contributed by atoms with Crippen LogP contribution in [0, 0.1) is 3.57 Å². The van der Waals surface area contributed by atoms with Gasteiger partial charge in [0.1, 0.15) is 6.61 Å². The average molecular weight is 608 g/mol. The molecule has 1 heterocycles. The lowest BCUT2D eigenvalue weighted by molar-refractivity contribution is -0.119. The molecule has 1 aliphatic rings. The smallest absolute Gasteiger partial charge is 0.259 e. The first-order chi connectivity index (χ1) is 17.0. The number of amides is 1. The number of hydrogen-bond donors (Lipinski definition) is 2. The number of halogens is 2. The van der Waals surface area contributed by atoms with Crippen molar-refractivity contribution in [3.63, 3.8) is 0 Å². The molecule has 3 aromatic rings. The number of nitrogens with zero attached hydrogens (tertiary/aromatic N) is 1. The molecular weight excluding hydrogens is 585 g/mol. The number of hydrazone groups is 1. The highest BCUT2D eigenvalue weighted by molar-refractivity contribution is 14.1. The summed E-state index contributed by atoms with van der Waals surface area (Å²) in [5.41, 5.74) is 5.03. The van der Waals surface area contributed by atoms with Crippen LogP contribution < -0.4 is 29.7 Å². The lowest BCUT2D eigenvalue weighted by Gasteiger charge is -2.15. The van der Waals surface area contributed by atoms with Gasteiger partial charge in [-0.05, 0) is 77.0 Å². The SMILES string of the molecule is CCOc1cc(/C=N/NC(=O)CNc2ccc3c(c2)OCO3)cc(I)c1OCc1ccc(Cl)cc1. The predicted molar refractivity (Wildman–Crippen MR) is 143 cm³/mol. The lowest BCUT2D eigenvalue weighted by atomic mass is 10.2. The second-order valence-corrected chi connectivity index (χ2v) is 8.99. The summed E-state index contributed by atoms with van der Waals surface area (Å²) < 4.78 is 23.3. The van der Waals surface area contributed by atoms with Crippen LogP contribution in [0.3, 0.4) is 0 Å². The van der Waals surface area contributed by atoms with Gasteiger partial charge in [-0.2, -0.15) is 5.10 Å². The van der Waals surface area contributed by atoms with Crippen molar-refractivity contribution < 1.29 is 23.7 Å². The van der Waals surface area contributed by atoms with Crippen molar-refractivity contribution in [3.8, 4) is 23.0 Å². The maximum absolute atomic E-state index is 12.2. The van der Waals surface area contributed by atoms with E-state index in [-0.39, 0.29) is 19.2 Å². The average Bonchev–Trinajstić information content (AvgIpc) is 3.31. The standard InChI is InChI=1S/C25H23ClIN3O5/c1-2-32-23-10-17(9-20(27)25(23)33-14-16-3-5-18(26)6-4-16)12-29-30-24(31)13-28-19-7-8-21-22(11-19)35-15-34-21/h3-12,28H,2,13-15H2,1H3,(H,30,31)/b29-12+. The van der Waals surface area contributed by atoms with E-state index in [9.17, 15) is 4.79 Å². The molecule has 10 heteroatoms. The molecule has 0 aliphatic carbocycles. The van der Waals surface area contributed by atoms with E-state index in [2.05, 4.69) is 38.4 Å². The summed E-state index contributed by atoms with van der Waals surface area (Å²) in [4.78, 5) is 12.2. The number of nitrogens with one attached hydrogen (secondary N) is 2. The third-order valence-electron chi connectivity index (χ3n) is 4.86. The quantitative estimate of drug-likeness (QED) is 0.187. The molecule has 8 nitrogen and oxygen atoms in total. The van der Waals surface area contributed by atoms with Crippen LogP contribution in [0.25, 0.3) is 0 Å². The Hall–Kier alpha value is -3.18. The molecule has 0 spiro atoms. The van der Waals surface area contributed by atoms with E-state index in [1.165, 1.54) is 0 Å². The summed E-state index contributed by atoms with van der Waals surface area (Å²) >= 11 is 8.14. The first kappa shape index (κ1) is 24.9. The van der Waals surface area contributed by atoms with Crippen LogP contribution in [0.1, 0.15) is 18.1 Å². The van der Waals surface area contributed by atoms with Gasteiger partial charge in [-0.25, -0.2) is 5.43 Å². The Balaban J connectivity index is 1.34. The summed E-state index contributed by atoms with van der Waals surface area (Å²) in [6, 6.07) is 16.6. The summed E-state index contributed by atoms with van der Waals surface area (Å²) in [6.45, 7) is 3.02. The fourth-order valence-corrected chi connectivity index (χ4v) is 4.12. The summed E-state index contributed by atoms with van der Waals surface area (Å²) in [5.74, 6) is 2.30. The molecule has 0 radical (unpaired) electrons. The molecule has 3 aromatic carbocycles. The minimum absolute atomic E-state index is 0.0518. The molecule has 182 valence electrons. The fraction of sp³-hybridized carbons (Fsp3) is 0.200. The third-order valence-corrected chi connectivity index (χ3v) is 5.91. The number of ether oxygens (including phenoxy) is 4. The van der Waals surface area contributed by atoms with E-state index < -0.39 is 0 Å². The lowest BCUT2D eigenvalue weighted by Crippen LogP contribution is -2.25. The van der Waals surface area contributed by atoms with Crippen molar-refractivity contribution in [2.45, 2.75) is 13.5 Å². The zero-order valence-electron chi connectivity index (χ0n) is 18.8. The Kier molecular flexibility index (Phi) is 8.54. The van der Waals surface area contributed by atoms with Crippen molar-refractivity contribution in [1.29, 1.82) is 0 Å². The van der Waals surface area contributed by atoms with Crippen molar-refractivity contribution in [2.24, 2.45) is 5.10 Å². The maximum Gasteiger partial charge on any atom is 0.259 e. The minimum atomic E-state index is -0.290. The number of hydrogen-bond acceptors (Lipinski definition) is 7. The Labute approximate surface area is 221 Å². The molecule has 2 N–H and O–H groups in total. The highest BCUT2D eigenvalue weighted by atomic mass is 127. The Morgan fingerprint density at radius 3 is 2.71 bits per heavy atom. The van der Waals surface area contributed by atoms with Gasteiger partial charge in [0.05, 0.1) is 22.9 Å². The van der Waals surface area contributed by atoms with Crippen molar-refractivity contribution in [2.75, 3.05) is 25.3 Å². The first-order valence-electron chi connectivity index (χ1n) is 10.8. The Morgan fingerprint density at radius 2 is 1.91 bits per heavy atom. The number of carbonyl (C=O) groups excluding carboxylic acids is 1. The van der Waals surface area contributed by atoms with Crippen LogP contribution in [-0.2, 0) is 11.4 Å². The van der Waals surface area contributed by atoms with Crippen molar-refractivity contribution in [1.82, 2.24) is 5.43 Å². The molecule has 35 heavy (non-hydrogen) atoms. The van der Waals surface area contributed by atoms with Gasteiger partial charge in [0.15, 0.2) is 23.0 Å². The normalized spacial score (nSPS) is 12.0. The fourth-order valence-electron chi connectivity index (χ4n) is 3.21. The van der Waals surface area contributed by atoms with Gasteiger partial charge in [0.25, 0.3) is 5.91 Å². The van der Waals surface area contributed by atoms with E-state index in [1.54, 1.807) is 18.3 Å². The summed E-state index contributed by atoms with van der Waals surface area (Å²) in [7, 11) is 0. The highest BCUT2D eigenvalue weighted by Crippen LogP contribution is 2.35. The van der Waals surface area contributed by atoms with Gasteiger partial charge >= 0.3 is 0 Å². The molecule has 1 aliphatic heterocycles. The highest BCUT2D eigenvalue weighted by Gasteiger charge is 2.14. The number of anilines is 1. The maximum atomic E-state index is 12.2. The molecule has 0 saturated carbocycles. The van der Waals surface area contributed by atoms with E-state index >= 15 is 0 Å². The molecule has 0 bridgehead atoms. The van der Waals surface area contributed by atoms with Crippen LogP contribution in [0.2, 0.25) is 5.02 Å². The van der Waals surface area contributed by atoms with E-state index in [1.807, 2.05) is 49.4 Å². The largest absolute Gasteiger partial charge is 0.490 e. The van der Waals surface area contributed by atoms with Gasteiger partial charge in [0, 0.05) is 16.8 Å². The van der Waals surface area contributed by atoms with Crippen molar-refractivity contribution in [3.05, 3.63) is 74.3 Å². The second kappa shape index (κ2) is 12.0. The van der Waals surface area contributed by atoms with Gasteiger partial charge in [-0.1, -0.05) is 23.7 Å². The minimum Gasteiger partial charge on any atom is -0.490 e. The molecule has 0 aromatic heterocycles. The molecule has 4 rings (SSSR count). The number of fused-ring (bicyclic) bond motifs is 1. The van der Waals surface area contributed by atoms with Crippen LogP contribution >= 0.6 is 34.2 Å². The van der Waals surface area contributed by atoms with E-state index in [0.717, 1.165) is 20.4 Å². The van der Waals surface area contributed by atoms with Gasteiger partial charge < -0.3 is 24.3 Å². The van der Waals surface area contributed by atoms with Gasteiger partial charge in [-0.15, -0.1) is 0 Å². The Morgan fingerprint density at radius 1 is 1.11 bits per heavy atom. The number of carbonyl (C=O) groups is 1. The molecule has 0 fully saturated rings. The molecule has 0 unspecified atom stereocenters. The predicted octanol–water partition coefficient (Wildman–Crippen LogP) is 5.21. The first-order valence-corrected chi connectivity index (χ1v) is 12.3. The molecule has 0 atom stereocenters. The number of rotatable bonds is 10. The zero-order chi connectivity index (χ0) is 24.6. The number of benzene rings is 3. The third kappa shape index (κ3) is 6.92. The van der Waals surface area contributed by atoms with E-state index in [4.69, 9.17) is 30.5 Å². The second-order valence-electron chi connectivity index (χ2n) is 7.39. The zero-order valence-corrected chi connectivity index (χ0v) is 21.8. The molecule has 1 amide bonds. The van der Waals surface area contributed by atoms with E-state index in [0.29, 0.717) is 41.2 Å². The van der Waals surface area contributed by atoms with Crippen LogP contribution in [-0.4, -0.2) is 32.1 Å². The topological polar surface area (TPSA) is 90.4 Å². The monoisotopic (exact) mass is 607 g/mol. The van der Waals surface area contributed by atoms with Crippen LogP contribution in [0.5, 0.6) is 23.0 Å². The van der Waals surface area contributed by atoms with Gasteiger partial charge in [0.2, 0.25) is 6.79 Å². The van der Waals surface area contributed by atoms with Crippen molar-refractivity contribution >= 4 is 52.0 Å². The summed E-state index contributed by atoms with van der Waals surface area (Å²) in [6.07, 6.45) is 1.56. The van der Waals surface area contributed by atoms with Gasteiger partial charge in [-0.3, -0.25) is 4.79 Å². The molecule has 0 saturated heterocycles. The molecular formula is C25H23ClIN3O5. The summed E-state index contributed by atoms with van der Waals surface area (Å²) in [5, 5.41) is 7.77. The van der Waals surface area contributed by atoms with Crippen LogP contribution in [0.15, 0.2) is 59.7 Å².